The number of carbonyl (C=O) groups excluding carboxylic acids is 1. The number of hydrogen-bond donors (Lipinski definition) is 3. The van der Waals surface area contributed by atoms with Crippen molar-refractivity contribution in [1.82, 2.24) is 10.3 Å². The Kier molecular flexibility index (Phi) is 5.05. The van der Waals surface area contributed by atoms with Gasteiger partial charge in [0.2, 0.25) is 0 Å². The highest BCUT2D eigenvalue weighted by atomic mass is 79.9. The molecule has 6 nitrogen and oxygen atoms in total. The Balaban J connectivity index is 2.70. The molecule has 0 saturated heterocycles. The Morgan fingerprint density at radius 3 is 2.65 bits per heavy atom. The summed E-state index contributed by atoms with van der Waals surface area (Å²) in [5.74, 6) is -1.72. The lowest BCUT2D eigenvalue weighted by atomic mass is 10.2. The monoisotopic (exact) mass is 302 g/mol. The molecule has 0 aromatic carbocycles. The second-order valence-electron chi connectivity index (χ2n) is 3.25. The normalized spacial score (nSPS) is 11.9. The molecule has 7 heteroatoms. The van der Waals surface area contributed by atoms with Crippen LogP contribution in [0.5, 0.6) is 0 Å². The molecule has 0 bridgehead atoms. The summed E-state index contributed by atoms with van der Waals surface area (Å²) in [6.45, 7) is -0.310. The summed E-state index contributed by atoms with van der Waals surface area (Å²) in [6.07, 6.45) is 1.29. The first kappa shape index (κ1) is 13.6. The van der Waals surface area contributed by atoms with Crippen LogP contribution in [-0.2, 0) is 4.79 Å². The van der Waals surface area contributed by atoms with Gasteiger partial charge in [-0.1, -0.05) is 0 Å². The van der Waals surface area contributed by atoms with Crippen LogP contribution in [0.3, 0.4) is 0 Å². The summed E-state index contributed by atoms with van der Waals surface area (Å²) >= 11 is 3.12. The molecule has 1 aromatic rings. The van der Waals surface area contributed by atoms with Gasteiger partial charge in [0.1, 0.15) is 10.6 Å². The number of nitrogens with one attached hydrogen (secondary N) is 1. The first-order valence-electron chi connectivity index (χ1n) is 4.80. The molecule has 3 N–H and O–H groups in total. The number of carbonyl (C=O) groups is 2. The number of carboxylic acid groups (broad SMARTS) is 1. The van der Waals surface area contributed by atoms with Crippen molar-refractivity contribution in [3.8, 4) is 0 Å². The van der Waals surface area contributed by atoms with Crippen molar-refractivity contribution in [3.05, 3.63) is 28.5 Å². The van der Waals surface area contributed by atoms with Crippen molar-refractivity contribution < 1.29 is 19.8 Å². The predicted molar refractivity (Wildman–Crippen MR) is 62.5 cm³/mol. The predicted octanol–water partition coefficient (Wildman–Crippen LogP) is 0.409. The van der Waals surface area contributed by atoms with Gasteiger partial charge in [-0.2, -0.15) is 0 Å². The molecule has 0 unspecified atom stereocenters. The fraction of sp³-hybridized carbons (Fsp3) is 0.300. The summed E-state index contributed by atoms with van der Waals surface area (Å²) in [6, 6.07) is 2.00. The third kappa shape index (κ3) is 4.12. The van der Waals surface area contributed by atoms with E-state index in [1.165, 1.54) is 12.3 Å². The zero-order chi connectivity index (χ0) is 12.8. The molecule has 0 spiro atoms. The third-order valence-corrected chi connectivity index (χ3v) is 2.48. The van der Waals surface area contributed by atoms with E-state index >= 15 is 0 Å². The maximum atomic E-state index is 11.6. The van der Waals surface area contributed by atoms with Crippen molar-refractivity contribution in [2.75, 3.05) is 6.61 Å². The molecule has 92 valence electrons. The number of rotatable bonds is 5. The minimum atomic E-state index is -1.18. The van der Waals surface area contributed by atoms with E-state index in [1.54, 1.807) is 6.07 Å². The molecule has 0 saturated carbocycles. The van der Waals surface area contributed by atoms with E-state index in [0.29, 0.717) is 4.60 Å². The number of carboxylic acids is 1. The summed E-state index contributed by atoms with van der Waals surface area (Å²) < 4.78 is 0.583. The smallest absolute Gasteiger partial charge is 0.326 e. The van der Waals surface area contributed by atoms with E-state index < -0.39 is 17.9 Å². The molecular weight excluding hydrogens is 292 g/mol. The molecule has 0 aliphatic rings. The second-order valence-corrected chi connectivity index (χ2v) is 4.06. The molecule has 1 aromatic heterocycles. The first-order valence-corrected chi connectivity index (χ1v) is 5.60. The zero-order valence-electron chi connectivity index (χ0n) is 8.76. The molecule has 17 heavy (non-hydrogen) atoms. The van der Waals surface area contributed by atoms with Gasteiger partial charge in [0, 0.05) is 19.2 Å². The number of hydrogen-bond acceptors (Lipinski definition) is 4. The standard InChI is InChI=1S/C10H11BrN2O4/c11-8-2-1-6(5-12-8)9(15)13-7(3-4-14)10(16)17/h1-2,5,7,14H,3-4H2,(H,13,15)(H,16,17)/t7-/m0/s1. The van der Waals surface area contributed by atoms with Gasteiger partial charge in [-0.25, -0.2) is 9.78 Å². The highest BCUT2D eigenvalue weighted by molar-refractivity contribution is 9.10. The van der Waals surface area contributed by atoms with E-state index in [0.717, 1.165) is 0 Å². The van der Waals surface area contributed by atoms with Gasteiger partial charge in [0.25, 0.3) is 5.91 Å². The zero-order valence-corrected chi connectivity index (χ0v) is 10.3. The molecular formula is C10H11BrN2O4. The molecule has 1 rings (SSSR count). The Morgan fingerprint density at radius 2 is 2.18 bits per heavy atom. The number of aromatic nitrogens is 1. The van der Waals surface area contributed by atoms with Gasteiger partial charge in [-0.05, 0) is 28.1 Å². The Hall–Kier alpha value is -1.47. The molecule has 0 radical (unpaired) electrons. The number of aliphatic hydroxyl groups excluding tert-OH is 1. The number of nitrogens with zero attached hydrogens (tertiary/aromatic N) is 1. The van der Waals surface area contributed by atoms with Gasteiger partial charge < -0.3 is 15.5 Å². The van der Waals surface area contributed by atoms with Crippen molar-refractivity contribution in [2.24, 2.45) is 0 Å². The molecule has 1 atom stereocenters. The summed E-state index contributed by atoms with van der Waals surface area (Å²) in [4.78, 5) is 26.3. The summed E-state index contributed by atoms with van der Waals surface area (Å²) in [7, 11) is 0. The van der Waals surface area contributed by atoms with Gasteiger partial charge in [-0.15, -0.1) is 0 Å². The van der Waals surface area contributed by atoms with Crippen LogP contribution < -0.4 is 5.32 Å². The van der Waals surface area contributed by atoms with Crippen molar-refractivity contribution in [2.45, 2.75) is 12.5 Å². The number of amides is 1. The van der Waals surface area contributed by atoms with Crippen LogP contribution in [-0.4, -0.2) is 39.7 Å². The maximum absolute atomic E-state index is 11.6. The third-order valence-electron chi connectivity index (χ3n) is 2.01. The fourth-order valence-electron chi connectivity index (χ4n) is 1.14. The van der Waals surface area contributed by atoms with E-state index in [1.807, 2.05) is 0 Å². The van der Waals surface area contributed by atoms with E-state index in [-0.39, 0.29) is 18.6 Å². The van der Waals surface area contributed by atoms with Crippen LogP contribution >= 0.6 is 15.9 Å². The highest BCUT2D eigenvalue weighted by Crippen LogP contribution is 2.06. The van der Waals surface area contributed by atoms with Gasteiger partial charge in [0.05, 0.1) is 5.56 Å². The number of pyridine rings is 1. The summed E-state index contributed by atoms with van der Waals surface area (Å²) in [5, 5.41) is 19.8. The van der Waals surface area contributed by atoms with Gasteiger partial charge in [-0.3, -0.25) is 4.79 Å². The number of halogens is 1. The first-order chi connectivity index (χ1) is 8.04. The van der Waals surface area contributed by atoms with Crippen LogP contribution in [0.1, 0.15) is 16.8 Å². The lowest BCUT2D eigenvalue weighted by Gasteiger charge is -2.12. The average Bonchev–Trinajstić information content (AvgIpc) is 2.29. The van der Waals surface area contributed by atoms with Crippen molar-refractivity contribution in [3.63, 3.8) is 0 Å². The van der Waals surface area contributed by atoms with Crippen molar-refractivity contribution >= 4 is 27.8 Å². The van der Waals surface area contributed by atoms with Gasteiger partial charge >= 0.3 is 5.97 Å². The van der Waals surface area contributed by atoms with Crippen LogP contribution in [0.4, 0.5) is 0 Å². The number of aliphatic hydroxyl groups is 1. The van der Waals surface area contributed by atoms with E-state index in [9.17, 15) is 9.59 Å². The molecule has 1 amide bonds. The Bertz CT molecular complexity index is 407. The molecule has 0 aliphatic heterocycles. The lowest BCUT2D eigenvalue weighted by molar-refractivity contribution is -0.139. The lowest BCUT2D eigenvalue weighted by Crippen LogP contribution is -2.41. The van der Waals surface area contributed by atoms with Crippen molar-refractivity contribution in [1.29, 1.82) is 0 Å². The topological polar surface area (TPSA) is 99.5 Å². The SMILES string of the molecule is O=C(N[C@@H](CCO)C(=O)O)c1ccc(Br)nc1. The largest absolute Gasteiger partial charge is 0.480 e. The maximum Gasteiger partial charge on any atom is 0.326 e. The van der Waals surface area contributed by atoms with E-state index in [4.69, 9.17) is 10.2 Å². The molecule has 1 heterocycles. The van der Waals surface area contributed by atoms with Crippen LogP contribution in [0.25, 0.3) is 0 Å². The second kappa shape index (κ2) is 6.31. The molecule has 0 aliphatic carbocycles. The molecule has 0 fully saturated rings. The Labute approximate surface area is 106 Å². The summed E-state index contributed by atoms with van der Waals surface area (Å²) in [5.41, 5.74) is 0.261. The quantitative estimate of drug-likeness (QED) is 0.684. The minimum absolute atomic E-state index is 0.0367. The van der Waals surface area contributed by atoms with Crippen LogP contribution in [0, 0.1) is 0 Å². The number of aliphatic carboxylic acids is 1. The Morgan fingerprint density at radius 1 is 1.47 bits per heavy atom. The van der Waals surface area contributed by atoms with Gasteiger partial charge in [0.15, 0.2) is 0 Å². The fourth-order valence-corrected chi connectivity index (χ4v) is 1.37. The van der Waals surface area contributed by atoms with Crippen LogP contribution in [0.15, 0.2) is 22.9 Å². The average molecular weight is 303 g/mol. The van der Waals surface area contributed by atoms with Crippen LogP contribution in [0.2, 0.25) is 0 Å². The van der Waals surface area contributed by atoms with E-state index in [2.05, 4.69) is 26.2 Å². The minimum Gasteiger partial charge on any atom is -0.480 e. The highest BCUT2D eigenvalue weighted by Gasteiger charge is 2.19.